The van der Waals surface area contributed by atoms with Gasteiger partial charge in [0.05, 0.1) is 24.1 Å². The van der Waals surface area contributed by atoms with E-state index in [9.17, 15) is 20.2 Å². The number of nitrogens with zero attached hydrogens (tertiary/aromatic N) is 2. The summed E-state index contributed by atoms with van der Waals surface area (Å²) in [6.45, 7) is 1.20. The zero-order chi connectivity index (χ0) is 35.3. The molecule has 6 aromatic carbocycles. The van der Waals surface area contributed by atoms with Crippen LogP contribution >= 0.6 is 0 Å². The van der Waals surface area contributed by atoms with Crippen LogP contribution in [0, 0.1) is 20.2 Å². The SMILES string of the molecule is COc1ccc(-c2ccc(CNc3cccc([N+](=O)[O-])c3)cc2)cc1.COc1ccc(-c2ccc(CNc3cccc([N+](=O)[O-])c3)cc2)cc1. The predicted octanol–water partition coefficient (Wildman–Crippen LogP) is 9.76. The van der Waals surface area contributed by atoms with Gasteiger partial charge in [0.2, 0.25) is 0 Å². The van der Waals surface area contributed by atoms with E-state index in [1.165, 1.54) is 24.3 Å². The summed E-state index contributed by atoms with van der Waals surface area (Å²) in [6.07, 6.45) is 0. The Morgan fingerprint density at radius 3 is 1.10 bits per heavy atom. The van der Waals surface area contributed by atoms with Crippen LogP contribution in [0.4, 0.5) is 22.7 Å². The fourth-order valence-electron chi connectivity index (χ4n) is 5.06. The van der Waals surface area contributed by atoms with E-state index in [0.29, 0.717) is 13.1 Å². The first-order valence-corrected chi connectivity index (χ1v) is 15.7. The zero-order valence-corrected chi connectivity index (χ0v) is 27.6. The Kier molecular flexibility index (Phi) is 11.7. The molecular weight excluding hydrogens is 632 g/mol. The minimum absolute atomic E-state index is 0.0832. The molecule has 0 saturated carbocycles. The molecule has 0 aliphatic rings. The van der Waals surface area contributed by atoms with Gasteiger partial charge in [0.25, 0.3) is 11.4 Å². The second-order valence-corrected chi connectivity index (χ2v) is 11.2. The van der Waals surface area contributed by atoms with Gasteiger partial charge < -0.3 is 20.1 Å². The third-order valence-corrected chi connectivity index (χ3v) is 7.86. The van der Waals surface area contributed by atoms with Gasteiger partial charge in [-0.25, -0.2) is 0 Å². The van der Waals surface area contributed by atoms with E-state index < -0.39 is 9.85 Å². The highest BCUT2D eigenvalue weighted by molar-refractivity contribution is 5.65. The Bertz CT molecular complexity index is 1870. The smallest absolute Gasteiger partial charge is 0.271 e. The summed E-state index contributed by atoms with van der Waals surface area (Å²) in [4.78, 5) is 20.8. The average Bonchev–Trinajstić information content (AvgIpc) is 3.17. The number of rotatable bonds is 12. The summed E-state index contributed by atoms with van der Waals surface area (Å²) in [5.41, 5.74) is 8.33. The van der Waals surface area contributed by atoms with Gasteiger partial charge in [-0.15, -0.1) is 0 Å². The molecule has 6 aromatic rings. The normalized spacial score (nSPS) is 10.3. The lowest BCUT2D eigenvalue weighted by molar-refractivity contribution is -0.385. The van der Waals surface area contributed by atoms with Crippen LogP contribution in [0.25, 0.3) is 22.3 Å². The van der Waals surface area contributed by atoms with Gasteiger partial charge >= 0.3 is 0 Å². The Morgan fingerprint density at radius 2 is 0.800 bits per heavy atom. The maximum absolute atomic E-state index is 10.8. The third kappa shape index (κ3) is 9.68. The molecule has 0 aliphatic heterocycles. The molecule has 0 bridgehead atoms. The van der Waals surface area contributed by atoms with Crippen molar-refractivity contribution in [3.63, 3.8) is 0 Å². The monoisotopic (exact) mass is 668 g/mol. The Morgan fingerprint density at radius 1 is 0.480 bits per heavy atom. The molecule has 10 heteroatoms. The van der Waals surface area contributed by atoms with Crippen LogP contribution in [0.5, 0.6) is 11.5 Å². The second kappa shape index (κ2) is 16.9. The number of methoxy groups -OCH3 is 2. The molecule has 0 amide bonds. The van der Waals surface area contributed by atoms with Crippen molar-refractivity contribution in [2.24, 2.45) is 0 Å². The van der Waals surface area contributed by atoms with E-state index in [0.717, 1.165) is 56.3 Å². The summed E-state index contributed by atoms with van der Waals surface area (Å²) < 4.78 is 10.3. The largest absolute Gasteiger partial charge is 0.497 e. The molecular formula is C40H36N4O6. The quantitative estimate of drug-likeness (QED) is 0.0974. The molecule has 252 valence electrons. The summed E-state index contributed by atoms with van der Waals surface area (Å²) in [6, 6.07) is 45.3. The minimum atomic E-state index is -0.394. The van der Waals surface area contributed by atoms with E-state index in [4.69, 9.17) is 9.47 Å². The predicted molar refractivity (Wildman–Crippen MR) is 198 cm³/mol. The van der Waals surface area contributed by atoms with Crippen molar-refractivity contribution < 1.29 is 19.3 Å². The second-order valence-electron chi connectivity index (χ2n) is 11.2. The van der Waals surface area contributed by atoms with Crippen molar-refractivity contribution in [2.75, 3.05) is 24.9 Å². The van der Waals surface area contributed by atoms with Crippen LogP contribution in [0.3, 0.4) is 0 Å². The van der Waals surface area contributed by atoms with Gasteiger partial charge in [-0.2, -0.15) is 0 Å². The highest BCUT2D eigenvalue weighted by Crippen LogP contribution is 2.25. The zero-order valence-electron chi connectivity index (χ0n) is 27.6. The van der Waals surface area contributed by atoms with Crippen LogP contribution < -0.4 is 20.1 Å². The maximum Gasteiger partial charge on any atom is 0.271 e. The summed E-state index contributed by atoms with van der Waals surface area (Å²) in [7, 11) is 3.30. The molecule has 0 radical (unpaired) electrons. The molecule has 50 heavy (non-hydrogen) atoms. The lowest BCUT2D eigenvalue weighted by atomic mass is 10.0. The number of benzene rings is 6. The number of ether oxygens (including phenoxy) is 2. The minimum Gasteiger partial charge on any atom is -0.497 e. The summed E-state index contributed by atoms with van der Waals surface area (Å²) in [5, 5.41) is 28.0. The van der Waals surface area contributed by atoms with Crippen LogP contribution in [-0.4, -0.2) is 24.1 Å². The molecule has 2 N–H and O–H groups in total. The van der Waals surface area contributed by atoms with Gasteiger partial charge in [-0.05, 0) is 69.8 Å². The van der Waals surface area contributed by atoms with Crippen molar-refractivity contribution in [1.82, 2.24) is 0 Å². The molecule has 0 fully saturated rings. The van der Waals surface area contributed by atoms with Crippen molar-refractivity contribution in [2.45, 2.75) is 13.1 Å². The van der Waals surface area contributed by atoms with Gasteiger partial charge in [0, 0.05) is 48.7 Å². The van der Waals surface area contributed by atoms with Crippen LogP contribution in [0.15, 0.2) is 146 Å². The topological polar surface area (TPSA) is 129 Å². The average molecular weight is 669 g/mol. The Hall–Kier alpha value is -6.68. The summed E-state index contributed by atoms with van der Waals surface area (Å²) >= 11 is 0. The number of nitro groups is 2. The molecule has 0 heterocycles. The van der Waals surface area contributed by atoms with E-state index in [2.05, 4.69) is 34.9 Å². The number of nitro benzene ring substituents is 2. The standard InChI is InChI=1S/2C20H18N2O3/c2*1-25-20-11-9-17(10-12-20)16-7-5-15(6-8-16)14-21-18-3-2-4-19(13-18)22(23)24/h2*2-13,21H,14H2,1H3. The number of non-ortho nitro benzene ring substituents is 2. The van der Waals surface area contributed by atoms with E-state index in [-0.39, 0.29) is 11.4 Å². The fraction of sp³-hybridized carbons (Fsp3) is 0.100. The molecule has 0 atom stereocenters. The lowest BCUT2D eigenvalue weighted by Gasteiger charge is -2.08. The van der Waals surface area contributed by atoms with Gasteiger partial charge in [-0.3, -0.25) is 20.2 Å². The van der Waals surface area contributed by atoms with E-state index in [1.54, 1.807) is 26.4 Å². The first-order valence-electron chi connectivity index (χ1n) is 15.7. The number of nitrogens with one attached hydrogen (secondary N) is 2. The van der Waals surface area contributed by atoms with Gasteiger partial charge in [-0.1, -0.05) is 84.9 Å². The maximum atomic E-state index is 10.8. The molecule has 0 unspecified atom stereocenters. The Labute approximate surface area is 290 Å². The van der Waals surface area contributed by atoms with Crippen LogP contribution in [0.1, 0.15) is 11.1 Å². The number of hydrogen-bond acceptors (Lipinski definition) is 8. The van der Waals surface area contributed by atoms with Crippen molar-refractivity contribution >= 4 is 22.7 Å². The molecule has 6 rings (SSSR count). The van der Waals surface area contributed by atoms with E-state index >= 15 is 0 Å². The van der Waals surface area contributed by atoms with Gasteiger partial charge in [0.15, 0.2) is 0 Å². The number of anilines is 2. The molecule has 0 spiro atoms. The summed E-state index contributed by atoms with van der Waals surface area (Å²) in [5.74, 6) is 1.67. The van der Waals surface area contributed by atoms with Crippen LogP contribution in [-0.2, 0) is 13.1 Å². The molecule has 0 saturated heterocycles. The fourth-order valence-corrected chi connectivity index (χ4v) is 5.06. The highest BCUT2D eigenvalue weighted by atomic mass is 16.6. The van der Waals surface area contributed by atoms with Gasteiger partial charge in [0.1, 0.15) is 11.5 Å². The van der Waals surface area contributed by atoms with Crippen molar-refractivity contribution in [3.8, 4) is 33.8 Å². The first kappa shape index (κ1) is 34.6. The highest BCUT2D eigenvalue weighted by Gasteiger charge is 2.07. The van der Waals surface area contributed by atoms with Crippen LogP contribution in [0.2, 0.25) is 0 Å². The van der Waals surface area contributed by atoms with Crippen molar-refractivity contribution in [1.29, 1.82) is 0 Å². The third-order valence-electron chi connectivity index (χ3n) is 7.86. The Balaban J connectivity index is 0.000000194. The molecule has 10 nitrogen and oxygen atoms in total. The van der Waals surface area contributed by atoms with E-state index in [1.807, 2.05) is 84.9 Å². The van der Waals surface area contributed by atoms with Crippen molar-refractivity contribution in [3.05, 3.63) is 177 Å². The molecule has 0 aromatic heterocycles. The first-order chi connectivity index (χ1) is 24.3. The number of hydrogen-bond donors (Lipinski definition) is 2. The molecule has 0 aliphatic carbocycles. The lowest BCUT2D eigenvalue weighted by Crippen LogP contribution is -1.99.